The van der Waals surface area contributed by atoms with Crippen molar-refractivity contribution >= 4 is 46.1 Å². The number of hydrazone groups is 1. The van der Waals surface area contributed by atoms with Crippen LogP contribution < -0.4 is 10.7 Å². The van der Waals surface area contributed by atoms with Crippen LogP contribution in [0.15, 0.2) is 65.8 Å². The summed E-state index contributed by atoms with van der Waals surface area (Å²) in [4.78, 5) is 23.8. The maximum atomic E-state index is 11.9. The molecule has 3 rings (SSSR count). The predicted molar refractivity (Wildman–Crippen MR) is 106 cm³/mol. The Morgan fingerprint density at radius 1 is 1.00 bits per heavy atom. The molecule has 0 saturated heterocycles. The van der Waals surface area contributed by atoms with Crippen LogP contribution in [0.4, 0.5) is 5.69 Å². The molecule has 0 radical (unpaired) electrons. The Labute approximate surface area is 160 Å². The van der Waals surface area contributed by atoms with Gasteiger partial charge in [0.2, 0.25) is 11.8 Å². The van der Waals surface area contributed by atoms with Crippen LogP contribution in [-0.2, 0) is 9.59 Å². The number of fused-ring (bicyclic) bond motifs is 1. The van der Waals surface area contributed by atoms with E-state index in [0.717, 1.165) is 10.8 Å². The van der Waals surface area contributed by atoms with E-state index in [0.29, 0.717) is 16.3 Å². The highest BCUT2D eigenvalue weighted by atomic mass is 35.5. The van der Waals surface area contributed by atoms with Gasteiger partial charge in [-0.05, 0) is 29.0 Å². The zero-order chi connectivity index (χ0) is 19.2. The number of carbonyl (C=O) groups is 2. The second-order valence-corrected chi connectivity index (χ2v) is 6.12. The van der Waals surface area contributed by atoms with Gasteiger partial charge in [0.1, 0.15) is 12.2 Å². The molecule has 0 aliphatic rings. The summed E-state index contributed by atoms with van der Waals surface area (Å²) in [6, 6.07) is 17.6. The van der Waals surface area contributed by atoms with Crippen molar-refractivity contribution in [1.29, 1.82) is 0 Å². The van der Waals surface area contributed by atoms with Crippen LogP contribution in [0.3, 0.4) is 0 Å². The van der Waals surface area contributed by atoms with Gasteiger partial charge in [0, 0.05) is 5.56 Å². The maximum absolute atomic E-state index is 11.9. The quantitative estimate of drug-likeness (QED) is 0.357. The average Bonchev–Trinajstić information content (AvgIpc) is 2.65. The second-order valence-electron chi connectivity index (χ2n) is 5.72. The summed E-state index contributed by atoms with van der Waals surface area (Å²) in [5.74, 6) is -1.05. The molecular formula is C20H16ClN3O3. The van der Waals surface area contributed by atoms with Crippen LogP contribution >= 0.6 is 11.6 Å². The predicted octanol–water partition coefficient (Wildman–Crippen LogP) is 3.68. The van der Waals surface area contributed by atoms with E-state index in [9.17, 15) is 14.7 Å². The number of carbonyl (C=O) groups excluding carboxylic acids is 2. The van der Waals surface area contributed by atoms with Gasteiger partial charge in [-0.25, -0.2) is 5.43 Å². The third kappa shape index (κ3) is 4.62. The van der Waals surface area contributed by atoms with Gasteiger partial charge >= 0.3 is 0 Å². The summed E-state index contributed by atoms with van der Waals surface area (Å²) < 4.78 is 0. The van der Waals surface area contributed by atoms with Crippen molar-refractivity contribution < 1.29 is 14.7 Å². The van der Waals surface area contributed by atoms with Crippen LogP contribution in [0.1, 0.15) is 12.0 Å². The second kappa shape index (κ2) is 8.33. The minimum absolute atomic E-state index is 0.0446. The van der Waals surface area contributed by atoms with Gasteiger partial charge in [-0.2, -0.15) is 5.10 Å². The Morgan fingerprint density at radius 3 is 2.56 bits per heavy atom. The van der Waals surface area contributed by atoms with Crippen LogP contribution in [0.25, 0.3) is 10.8 Å². The number of phenolic OH excluding ortho intramolecular Hbond substituents is 1. The SMILES string of the molecule is O=C(CC(=O)Nc1ccccc1Cl)N/N=C/c1c(O)ccc2ccccc12. The van der Waals surface area contributed by atoms with Gasteiger partial charge in [0.25, 0.3) is 0 Å². The van der Waals surface area contributed by atoms with Gasteiger partial charge in [0.15, 0.2) is 0 Å². The number of nitrogens with zero attached hydrogens (tertiary/aromatic N) is 1. The summed E-state index contributed by atoms with van der Waals surface area (Å²) in [5, 5.41) is 18.5. The molecule has 0 aromatic heterocycles. The highest BCUT2D eigenvalue weighted by Gasteiger charge is 2.11. The molecule has 0 unspecified atom stereocenters. The summed E-state index contributed by atoms with van der Waals surface area (Å²) in [6.45, 7) is 0. The molecule has 136 valence electrons. The normalized spacial score (nSPS) is 10.9. The fourth-order valence-corrected chi connectivity index (χ4v) is 2.71. The molecule has 0 saturated carbocycles. The molecule has 0 fully saturated rings. The Bertz CT molecular complexity index is 1030. The molecular weight excluding hydrogens is 366 g/mol. The summed E-state index contributed by atoms with van der Waals surface area (Å²) in [6.07, 6.45) is 0.936. The van der Waals surface area contributed by atoms with Gasteiger partial charge in [-0.3, -0.25) is 9.59 Å². The molecule has 0 atom stereocenters. The molecule has 0 aliphatic heterocycles. The van der Waals surface area contributed by atoms with E-state index in [1.807, 2.05) is 24.3 Å². The lowest BCUT2D eigenvalue weighted by Crippen LogP contribution is -2.24. The van der Waals surface area contributed by atoms with E-state index in [1.165, 1.54) is 6.21 Å². The van der Waals surface area contributed by atoms with E-state index >= 15 is 0 Å². The molecule has 0 heterocycles. The molecule has 27 heavy (non-hydrogen) atoms. The highest BCUT2D eigenvalue weighted by molar-refractivity contribution is 6.33. The lowest BCUT2D eigenvalue weighted by atomic mass is 10.0. The van der Waals surface area contributed by atoms with Crippen molar-refractivity contribution in [3.05, 3.63) is 71.2 Å². The van der Waals surface area contributed by atoms with Gasteiger partial charge in [-0.1, -0.05) is 54.1 Å². The number of anilines is 1. The zero-order valence-electron chi connectivity index (χ0n) is 14.1. The first-order valence-corrected chi connectivity index (χ1v) is 8.49. The van der Waals surface area contributed by atoms with E-state index in [1.54, 1.807) is 36.4 Å². The van der Waals surface area contributed by atoms with E-state index in [2.05, 4.69) is 15.8 Å². The number of hydrogen-bond donors (Lipinski definition) is 3. The van der Waals surface area contributed by atoms with E-state index < -0.39 is 18.2 Å². The molecule has 3 N–H and O–H groups in total. The number of halogens is 1. The van der Waals surface area contributed by atoms with Gasteiger partial charge in [-0.15, -0.1) is 0 Å². The summed E-state index contributed by atoms with van der Waals surface area (Å²) in [5.41, 5.74) is 3.19. The number of phenols is 1. The minimum Gasteiger partial charge on any atom is -0.507 e. The van der Waals surface area contributed by atoms with Crippen molar-refractivity contribution in [2.75, 3.05) is 5.32 Å². The van der Waals surface area contributed by atoms with Gasteiger partial charge in [0.05, 0.1) is 16.9 Å². The number of amides is 2. The lowest BCUT2D eigenvalue weighted by Gasteiger charge is -2.06. The molecule has 7 heteroatoms. The van der Waals surface area contributed by atoms with E-state index in [-0.39, 0.29) is 5.75 Å². The molecule has 0 aliphatic carbocycles. The molecule has 3 aromatic carbocycles. The van der Waals surface area contributed by atoms with Crippen LogP contribution in [0, 0.1) is 0 Å². The highest BCUT2D eigenvalue weighted by Crippen LogP contribution is 2.25. The van der Waals surface area contributed by atoms with Crippen molar-refractivity contribution in [2.24, 2.45) is 5.10 Å². The zero-order valence-corrected chi connectivity index (χ0v) is 14.9. The molecule has 6 nitrogen and oxygen atoms in total. The number of rotatable bonds is 5. The largest absolute Gasteiger partial charge is 0.507 e. The monoisotopic (exact) mass is 381 g/mol. The lowest BCUT2D eigenvalue weighted by molar-refractivity contribution is -0.126. The molecule has 3 aromatic rings. The van der Waals surface area contributed by atoms with E-state index in [4.69, 9.17) is 11.6 Å². The first-order chi connectivity index (χ1) is 13.0. The number of aromatic hydroxyl groups is 1. The average molecular weight is 382 g/mol. The fourth-order valence-electron chi connectivity index (χ4n) is 2.53. The first-order valence-electron chi connectivity index (χ1n) is 8.11. The van der Waals surface area contributed by atoms with Crippen molar-refractivity contribution in [3.63, 3.8) is 0 Å². The number of nitrogens with one attached hydrogen (secondary N) is 2. The number of hydrogen-bond acceptors (Lipinski definition) is 4. The smallest absolute Gasteiger partial charge is 0.249 e. The van der Waals surface area contributed by atoms with Crippen LogP contribution in [0.2, 0.25) is 5.02 Å². The Balaban J connectivity index is 1.62. The Morgan fingerprint density at radius 2 is 1.74 bits per heavy atom. The Kier molecular flexibility index (Phi) is 5.68. The third-order valence-electron chi connectivity index (χ3n) is 3.80. The molecule has 2 amide bonds. The number of para-hydroxylation sites is 1. The Hall–Kier alpha value is -3.38. The van der Waals surface area contributed by atoms with Crippen molar-refractivity contribution in [2.45, 2.75) is 6.42 Å². The minimum atomic E-state index is -0.587. The fraction of sp³-hybridized carbons (Fsp3) is 0.0500. The van der Waals surface area contributed by atoms with Gasteiger partial charge < -0.3 is 10.4 Å². The molecule has 0 bridgehead atoms. The third-order valence-corrected chi connectivity index (χ3v) is 4.13. The standard InChI is InChI=1S/C20H16ClN3O3/c21-16-7-3-4-8-17(16)23-19(26)11-20(27)24-22-12-15-14-6-2-1-5-13(14)9-10-18(15)25/h1-10,12,25H,11H2,(H,23,26)(H,24,27)/b22-12+. The van der Waals surface area contributed by atoms with Crippen LogP contribution in [0.5, 0.6) is 5.75 Å². The topological polar surface area (TPSA) is 90.8 Å². The molecule has 0 spiro atoms. The summed E-state index contributed by atoms with van der Waals surface area (Å²) >= 11 is 5.96. The van der Waals surface area contributed by atoms with Crippen LogP contribution in [-0.4, -0.2) is 23.1 Å². The van der Waals surface area contributed by atoms with Crippen molar-refractivity contribution in [1.82, 2.24) is 5.43 Å². The number of benzene rings is 3. The maximum Gasteiger partial charge on any atom is 0.249 e. The first kappa shape index (κ1) is 18.4. The summed E-state index contributed by atoms with van der Waals surface area (Å²) in [7, 11) is 0. The van der Waals surface area contributed by atoms with Crippen molar-refractivity contribution in [3.8, 4) is 5.75 Å².